The van der Waals surface area contributed by atoms with Gasteiger partial charge in [0.15, 0.2) is 0 Å². The van der Waals surface area contributed by atoms with E-state index in [0.29, 0.717) is 13.2 Å². The lowest BCUT2D eigenvalue weighted by atomic mass is 9.82. The van der Waals surface area contributed by atoms with Crippen LogP contribution in [0, 0.1) is 5.92 Å². The van der Waals surface area contributed by atoms with E-state index in [1.54, 1.807) is 7.11 Å². The minimum atomic E-state index is -0.351. The highest BCUT2D eigenvalue weighted by atomic mass is 16.5. The van der Waals surface area contributed by atoms with E-state index in [-0.39, 0.29) is 18.1 Å². The van der Waals surface area contributed by atoms with Crippen LogP contribution < -0.4 is 5.73 Å². The van der Waals surface area contributed by atoms with Crippen LogP contribution in [0.15, 0.2) is 0 Å². The van der Waals surface area contributed by atoms with E-state index >= 15 is 0 Å². The molecular formula is C10H21NO3. The topological polar surface area (TPSA) is 64.7 Å². The lowest BCUT2D eigenvalue weighted by Gasteiger charge is -2.41. The summed E-state index contributed by atoms with van der Waals surface area (Å²) in [6.07, 6.45) is 3.15. The molecule has 1 fully saturated rings. The van der Waals surface area contributed by atoms with Crippen LogP contribution in [0.25, 0.3) is 0 Å². The Hall–Kier alpha value is -0.160. The van der Waals surface area contributed by atoms with E-state index in [1.807, 2.05) is 0 Å². The Balaban J connectivity index is 2.67. The molecule has 0 aromatic carbocycles. The van der Waals surface area contributed by atoms with Crippen LogP contribution in [0.1, 0.15) is 19.3 Å². The third-order valence-corrected chi connectivity index (χ3v) is 3.02. The van der Waals surface area contributed by atoms with Gasteiger partial charge in [-0.05, 0) is 19.3 Å². The first-order chi connectivity index (χ1) is 6.79. The molecule has 2 atom stereocenters. The van der Waals surface area contributed by atoms with Gasteiger partial charge in [-0.1, -0.05) is 0 Å². The highest BCUT2D eigenvalue weighted by Crippen LogP contribution is 2.32. The van der Waals surface area contributed by atoms with Crippen molar-refractivity contribution in [3.05, 3.63) is 0 Å². The molecule has 4 nitrogen and oxygen atoms in total. The molecule has 14 heavy (non-hydrogen) atoms. The molecule has 0 radical (unpaired) electrons. The maximum atomic E-state index is 9.25. The molecule has 3 N–H and O–H groups in total. The fourth-order valence-corrected chi connectivity index (χ4v) is 2.13. The molecule has 1 saturated heterocycles. The zero-order chi connectivity index (χ0) is 10.4. The van der Waals surface area contributed by atoms with Gasteiger partial charge in [0, 0.05) is 32.8 Å². The molecule has 0 amide bonds. The number of ether oxygens (including phenoxy) is 2. The molecule has 0 spiro atoms. The van der Waals surface area contributed by atoms with Crippen molar-refractivity contribution < 1.29 is 14.6 Å². The predicted octanol–water partition coefficient (Wildman–Crippen LogP) is 0.139. The molecule has 84 valence electrons. The van der Waals surface area contributed by atoms with E-state index in [2.05, 4.69) is 0 Å². The van der Waals surface area contributed by atoms with Gasteiger partial charge in [-0.2, -0.15) is 0 Å². The van der Waals surface area contributed by atoms with Gasteiger partial charge in [0.05, 0.1) is 12.2 Å². The summed E-state index contributed by atoms with van der Waals surface area (Å²) in [4.78, 5) is 0. The zero-order valence-corrected chi connectivity index (χ0v) is 8.87. The van der Waals surface area contributed by atoms with Gasteiger partial charge < -0.3 is 20.3 Å². The van der Waals surface area contributed by atoms with Crippen molar-refractivity contribution in [3.8, 4) is 0 Å². The SMILES string of the molecule is COCC1(C(CN)CO)CCCCO1. The van der Waals surface area contributed by atoms with Gasteiger partial charge in [0.25, 0.3) is 0 Å². The standard InChI is InChI=1S/C10H21NO3/c1-13-8-10(9(6-11)7-12)4-2-3-5-14-10/h9,12H,2-8,11H2,1H3. The van der Waals surface area contributed by atoms with Crippen molar-refractivity contribution in [1.82, 2.24) is 0 Å². The molecule has 1 rings (SSSR count). The highest BCUT2D eigenvalue weighted by molar-refractivity contribution is 4.90. The number of nitrogens with two attached hydrogens (primary N) is 1. The van der Waals surface area contributed by atoms with Crippen molar-refractivity contribution in [2.24, 2.45) is 11.7 Å². The van der Waals surface area contributed by atoms with E-state index < -0.39 is 0 Å². The summed E-state index contributed by atoms with van der Waals surface area (Å²) in [7, 11) is 1.66. The number of hydrogen-bond donors (Lipinski definition) is 2. The van der Waals surface area contributed by atoms with Gasteiger partial charge in [-0.25, -0.2) is 0 Å². The van der Waals surface area contributed by atoms with Crippen molar-refractivity contribution in [2.75, 3.05) is 33.5 Å². The fourth-order valence-electron chi connectivity index (χ4n) is 2.13. The maximum absolute atomic E-state index is 9.25. The lowest BCUT2D eigenvalue weighted by molar-refractivity contribution is -0.154. The minimum Gasteiger partial charge on any atom is -0.396 e. The highest BCUT2D eigenvalue weighted by Gasteiger charge is 2.40. The quantitative estimate of drug-likeness (QED) is 0.667. The average Bonchev–Trinajstić information content (AvgIpc) is 2.21. The summed E-state index contributed by atoms with van der Waals surface area (Å²) in [5.41, 5.74) is 5.28. The van der Waals surface area contributed by atoms with Crippen LogP contribution >= 0.6 is 0 Å². The van der Waals surface area contributed by atoms with Crippen molar-refractivity contribution in [3.63, 3.8) is 0 Å². The molecule has 0 bridgehead atoms. The lowest BCUT2D eigenvalue weighted by Crippen LogP contribution is -2.51. The van der Waals surface area contributed by atoms with Crippen LogP contribution in [0.4, 0.5) is 0 Å². The maximum Gasteiger partial charge on any atom is 0.0976 e. The summed E-state index contributed by atoms with van der Waals surface area (Å²) in [5.74, 6) is -0.0113. The monoisotopic (exact) mass is 203 g/mol. The van der Waals surface area contributed by atoms with E-state index in [9.17, 15) is 5.11 Å². The molecule has 1 aliphatic rings. The third-order valence-electron chi connectivity index (χ3n) is 3.02. The molecule has 0 saturated carbocycles. The predicted molar refractivity (Wildman–Crippen MR) is 54.0 cm³/mol. The largest absolute Gasteiger partial charge is 0.396 e. The number of hydrogen-bond acceptors (Lipinski definition) is 4. The van der Waals surface area contributed by atoms with Gasteiger partial charge in [-0.3, -0.25) is 0 Å². The first-order valence-electron chi connectivity index (χ1n) is 5.23. The second-order valence-corrected chi connectivity index (χ2v) is 3.92. The first kappa shape index (κ1) is 11.9. The number of aliphatic hydroxyl groups is 1. The second-order valence-electron chi connectivity index (χ2n) is 3.92. The number of aliphatic hydroxyl groups excluding tert-OH is 1. The smallest absolute Gasteiger partial charge is 0.0976 e. The zero-order valence-electron chi connectivity index (χ0n) is 8.87. The molecule has 0 aliphatic carbocycles. The normalized spacial score (nSPS) is 30.2. The summed E-state index contributed by atoms with van der Waals surface area (Å²) in [6.45, 7) is 1.79. The molecule has 1 aliphatic heterocycles. The van der Waals surface area contributed by atoms with Gasteiger partial charge in [0.2, 0.25) is 0 Å². The summed E-state index contributed by atoms with van der Waals surface area (Å²) in [6, 6.07) is 0. The van der Waals surface area contributed by atoms with E-state index in [4.69, 9.17) is 15.2 Å². The van der Waals surface area contributed by atoms with Gasteiger partial charge in [0.1, 0.15) is 0 Å². The third kappa shape index (κ3) is 2.45. The first-order valence-corrected chi connectivity index (χ1v) is 5.23. The minimum absolute atomic E-state index is 0.0113. The number of methoxy groups -OCH3 is 1. The Morgan fingerprint density at radius 3 is 2.79 bits per heavy atom. The Morgan fingerprint density at radius 1 is 1.57 bits per heavy atom. The Morgan fingerprint density at radius 2 is 2.36 bits per heavy atom. The summed E-state index contributed by atoms with van der Waals surface area (Å²) < 4.78 is 11.0. The molecule has 2 unspecified atom stereocenters. The average molecular weight is 203 g/mol. The summed E-state index contributed by atoms with van der Waals surface area (Å²) in [5, 5.41) is 9.25. The summed E-state index contributed by atoms with van der Waals surface area (Å²) >= 11 is 0. The van der Waals surface area contributed by atoms with Gasteiger partial charge in [-0.15, -0.1) is 0 Å². The van der Waals surface area contributed by atoms with E-state index in [0.717, 1.165) is 25.9 Å². The van der Waals surface area contributed by atoms with Crippen LogP contribution in [0.5, 0.6) is 0 Å². The molecule has 4 heteroatoms. The van der Waals surface area contributed by atoms with Crippen molar-refractivity contribution in [2.45, 2.75) is 24.9 Å². The Labute approximate surface area is 85.4 Å². The van der Waals surface area contributed by atoms with Crippen LogP contribution in [0.3, 0.4) is 0 Å². The van der Waals surface area contributed by atoms with Gasteiger partial charge >= 0.3 is 0 Å². The second kappa shape index (κ2) is 5.66. The molecular weight excluding hydrogens is 182 g/mol. The van der Waals surface area contributed by atoms with Crippen LogP contribution in [0.2, 0.25) is 0 Å². The molecule has 0 aromatic rings. The van der Waals surface area contributed by atoms with Crippen molar-refractivity contribution in [1.29, 1.82) is 0 Å². The number of rotatable bonds is 5. The van der Waals surface area contributed by atoms with E-state index in [1.165, 1.54) is 0 Å². The van der Waals surface area contributed by atoms with Crippen LogP contribution in [-0.4, -0.2) is 44.2 Å². The van der Waals surface area contributed by atoms with Crippen molar-refractivity contribution >= 4 is 0 Å². The van der Waals surface area contributed by atoms with Crippen LogP contribution in [-0.2, 0) is 9.47 Å². The fraction of sp³-hybridized carbons (Fsp3) is 1.00. The Bertz CT molecular complexity index is 148. The molecule has 1 heterocycles. The molecule has 0 aromatic heterocycles. The Kier molecular flexibility index (Phi) is 4.81.